The molecule has 2 heteroatoms. The van der Waals surface area contributed by atoms with E-state index in [2.05, 4.69) is 32.1 Å². The molecule has 0 spiro atoms. The fourth-order valence-corrected chi connectivity index (χ4v) is 0.702. The topological polar surface area (TPSA) is 15.6 Å². The van der Waals surface area contributed by atoms with Crippen molar-refractivity contribution in [1.82, 2.24) is 4.90 Å². The summed E-state index contributed by atoms with van der Waals surface area (Å²) >= 11 is 0. The average molecular weight is 154 g/mol. The van der Waals surface area contributed by atoms with E-state index in [1.54, 1.807) is 0 Å². The number of aliphatic imine (C=N–C) groups is 1. The maximum absolute atomic E-state index is 3.75. The Balaban J connectivity index is 3.60. The summed E-state index contributed by atoms with van der Waals surface area (Å²) in [6, 6.07) is 0. The maximum Gasteiger partial charge on any atom is 0.120 e. The number of nitrogens with zero attached hydrogens (tertiary/aromatic N) is 2. The van der Waals surface area contributed by atoms with Crippen molar-refractivity contribution in [2.75, 3.05) is 13.6 Å². The molecular weight excluding hydrogens is 136 g/mol. The highest BCUT2D eigenvalue weighted by Crippen LogP contribution is 2.04. The first-order chi connectivity index (χ1) is 5.07. The van der Waals surface area contributed by atoms with Crippen molar-refractivity contribution >= 4 is 6.72 Å². The summed E-state index contributed by atoms with van der Waals surface area (Å²) in [4.78, 5) is 5.77. The first kappa shape index (κ1) is 10.2. The van der Waals surface area contributed by atoms with Gasteiger partial charge >= 0.3 is 0 Å². The normalized spacial score (nSPS) is 9.82. The van der Waals surface area contributed by atoms with Crippen LogP contribution in [0.5, 0.6) is 0 Å². The van der Waals surface area contributed by atoms with Crippen LogP contribution >= 0.6 is 0 Å². The van der Waals surface area contributed by atoms with Crippen LogP contribution in [0.2, 0.25) is 0 Å². The first-order valence-electron chi connectivity index (χ1n) is 3.94. The Labute approximate surface area is 69.6 Å². The molecule has 0 N–H and O–H groups in total. The summed E-state index contributed by atoms with van der Waals surface area (Å²) in [6.45, 7) is 12.6. The van der Waals surface area contributed by atoms with Crippen LogP contribution in [0.3, 0.4) is 0 Å². The average Bonchev–Trinajstić information content (AvgIpc) is 1.98. The van der Waals surface area contributed by atoms with Gasteiger partial charge in [0.2, 0.25) is 0 Å². The van der Waals surface area contributed by atoms with Gasteiger partial charge in [-0.2, -0.15) is 0 Å². The number of rotatable bonds is 5. The third-order valence-corrected chi connectivity index (χ3v) is 1.67. The lowest BCUT2D eigenvalue weighted by Gasteiger charge is -2.18. The van der Waals surface area contributed by atoms with Crippen LogP contribution in [0.1, 0.15) is 20.3 Å². The molecule has 0 aromatic heterocycles. The van der Waals surface area contributed by atoms with E-state index in [0.29, 0.717) is 0 Å². The molecular formula is C9H18N2. The van der Waals surface area contributed by atoms with Gasteiger partial charge in [-0.25, -0.2) is 4.99 Å². The monoisotopic (exact) mass is 154 g/mol. The van der Waals surface area contributed by atoms with Crippen molar-refractivity contribution in [1.29, 1.82) is 0 Å². The van der Waals surface area contributed by atoms with Crippen LogP contribution in [-0.2, 0) is 0 Å². The second-order valence-corrected chi connectivity index (χ2v) is 3.18. The van der Waals surface area contributed by atoms with Gasteiger partial charge in [-0.3, -0.25) is 0 Å². The molecule has 0 radical (unpaired) electrons. The highest BCUT2D eigenvalue weighted by molar-refractivity contribution is 5.27. The van der Waals surface area contributed by atoms with E-state index in [9.17, 15) is 0 Å². The standard InChI is InChI=1S/C9H18N2/c1-8(2)6-7-11(5)9(3)10-4/h8H,3-4,6-7H2,1-2,5H3. The molecule has 0 saturated heterocycles. The van der Waals surface area contributed by atoms with Crippen molar-refractivity contribution in [3.05, 3.63) is 12.4 Å². The van der Waals surface area contributed by atoms with Gasteiger partial charge in [-0.1, -0.05) is 20.4 Å². The summed E-state index contributed by atoms with van der Waals surface area (Å²) in [5, 5.41) is 0. The molecule has 0 aromatic rings. The van der Waals surface area contributed by atoms with Crippen LogP contribution in [0.25, 0.3) is 0 Å². The van der Waals surface area contributed by atoms with E-state index in [1.807, 2.05) is 11.9 Å². The third-order valence-electron chi connectivity index (χ3n) is 1.67. The molecule has 64 valence electrons. The quantitative estimate of drug-likeness (QED) is 0.554. The van der Waals surface area contributed by atoms with Gasteiger partial charge in [0.15, 0.2) is 0 Å². The molecule has 2 nitrogen and oxygen atoms in total. The van der Waals surface area contributed by atoms with E-state index < -0.39 is 0 Å². The van der Waals surface area contributed by atoms with Crippen molar-refractivity contribution in [2.24, 2.45) is 10.9 Å². The van der Waals surface area contributed by atoms with Crippen LogP contribution < -0.4 is 0 Å². The molecule has 11 heavy (non-hydrogen) atoms. The zero-order valence-corrected chi connectivity index (χ0v) is 7.80. The molecule has 0 atom stereocenters. The summed E-state index contributed by atoms with van der Waals surface area (Å²) in [5.74, 6) is 1.49. The summed E-state index contributed by atoms with van der Waals surface area (Å²) < 4.78 is 0. The largest absolute Gasteiger partial charge is 0.360 e. The minimum Gasteiger partial charge on any atom is -0.360 e. The van der Waals surface area contributed by atoms with E-state index in [-0.39, 0.29) is 0 Å². The number of hydrogen-bond donors (Lipinski definition) is 0. The van der Waals surface area contributed by atoms with Crippen LogP contribution in [0.15, 0.2) is 17.4 Å². The van der Waals surface area contributed by atoms with Crippen molar-refractivity contribution in [3.63, 3.8) is 0 Å². The zero-order valence-electron chi connectivity index (χ0n) is 7.80. The zero-order chi connectivity index (χ0) is 8.85. The molecule has 0 aliphatic rings. The van der Waals surface area contributed by atoms with Gasteiger partial charge in [0, 0.05) is 13.6 Å². The van der Waals surface area contributed by atoms with Gasteiger partial charge in [-0.15, -0.1) is 0 Å². The lowest BCUT2D eigenvalue weighted by atomic mass is 10.1. The van der Waals surface area contributed by atoms with Gasteiger partial charge in [0.1, 0.15) is 5.82 Å². The van der Waals surface area contributed by atoms with Gasteiger partial charge in [-0.05, 0) is 19.1 Å². The Morgan fingerprint density at radius 2 is 2.09 bits per heavy atom. The SMILES string of the molecule is C=NC(=C)N(C)CCC(C)C. The molecule has 0 amide bonds. The lowest BCUT2D eigenvalue weighted by Crippen LogP contribution is -2.18. The van der Waals surface area contributed by atoms with E-state index in [4.69, 9.17) is 0 Å². The second-order valence-electron chi connectivity index (χ2n) is 3.18. The van der Waals surface area contributed by atoms with Gasteiger partial charge in [0.25, 0.3) is 0 Å². The smallest absolute Gasteiger partial charge is 0.120 e. The van der Waals surface area contributed by atoms with Crippen LogP contribution in [0.4, 0.5) is 0 Å². The Hall–Kier alpha value is -0.790. The molecule has 0 aliphatic carbocycles. The highest BCUT2D eigenvalue weighted by Gasteiger charge is 2.00. The predicted octanol–water partition coefficient (Wildman–Crippen LogP) is 2.14. The van der Waals surface area contributed by atoms with Crippen molar-refractivity contribution < 1.29 is 0 Å². The molecule has 0 fully saturated rings. The second kappa shape index (κ2) is 4.94. The van der Waals surface area contributed by atoms with Crippen molar-refractivity contribution in [2.45, 2.75) is 20.3 Å². The van der Waals surface area contributed by atoms with Gasteiger partial charge in [0.05, 0.1) is 0 Å². The Bertz CT molecular complexity index is 138. The first-order valence-corrected chi connectivity index (χ1v) is 3.94. The Morgan fingerprint density at radius 3 is 2.45 bits per heavy atom. The molecule has 0 aliphatic heterocycles. The molecule has 0 heterocycles. The van der Waals surface area contributed by atoms with Crippen LogP contribution in [0, 0.1) is 5.92 Å². The highest BCUT2D eigenvalue weighted by atomic mass is 15.2. The Kier molecular flexibility index (Phi) is 4.59. The lowest BCUT2D eigenvalue weighted by molar-refractivity contribution is 0.376. The molecule has 0 saturated carbocycles. The van der Waals surface area contributed by atoms with E-state index >= 15 is 0 Å². The summed E-state index contributed by atoms with van der Waals surface area (Å²) in [5.41, 5.74) is 0. The molecule has 0 aromatic carbocycles. The number of hydrogen-bond acceptors (Lipinski definition) is 2. The van der Waals surface area contributed by atoms with Crippen LogP contribution in [-0.4, -0.2) is 25.2 Å². The third kappa shape index (κ3) is 4.59. The fourth-order valence-electron chi connectivity index (χ4n) is 0.702. The molecule has 0 rings (SSSR count). The summed E-state index contributed by atoms with van der Waals surface area (Å²) in [6.07, 6.45) is 1.17. The Morgan fingerprint density at radius 1 is 1.55 bits per heavy atom. The maximum atomic E-state index is 3.75. The fraction of sp³-hybridized carbons (Fsp3) is 0.667. The predicted molar refractivity (Wildman–Crippen MR) is 50.8 cm³/mol. The molecule has 0 bridgehead atoms. The minimum atomic E-state index is 0.732. The van der Waals surface area contributed by atoms with Gasteiger partial charge < -0.3 is 4.90 Å². The molecule has 0 unspecified atom stereocenters. The van der Waals surface area contributed by atoms with E-state index in [1.165, 1.54) is 6.42 Å². The van der Waals surface area contributed by atoms with E-state index in [0.717, 1.165) is 18.3 Å². The minimum absolute atomic E-state index is 0.732. The van der Waals surface area contributed by atoms with Crippen molar-refractivity contribution in [3.8, 4) is 0 Å². The summed E-state index contributed by atoms with van der Waals surface area (Å²) in [7, 11) is 1.99.